The maximum absolute atomic E-state index is 9.79. The minimum Gasteiger partial charge on any atom is -0.399 e. The van der Waals surface area contributed by atoms with Gasteiger partial charge in [-0.2, -0.15) is 0 Å². The number of benzene rings is 1. The lowest BCUT2D eigenvalue weighted by Gasteiger charge is -2.33. The van der Waals surface area contributed by atoms with Crippen LogP contribution in [0.5, 0.6) is 0 Å². The predicted molar refractivity (Wildman–Crippen MR) is 72.3 cm³/mol. The highest BCUT2D eigenvalue weighted by Crippen LogP contribution is 2.29. The molecule has 1 aliphatic heterocycles. The standard InChI is InChI=1S/C14H22N2O/c1-14(2,17)7-9-16-8-3-4-11-10-12(15)5-6-13(11)16/h5-6,10,17H,3-4,7-9,15H2,1-2H3. The Balaban J connectivity index is 2.12. The van der Waals surface area contributed by atoms with Crippen molar-refractivity contribution in [1.82, 2.24) is 0 Å². The van der Waals surface area contributed by atoms with E-state index in [0.717, 1.165) is 31.6 Å². The molecule has 0 saturated carbocycles. The Bertz CT molecular complexity index is 396. The molecular formula is C14H22N2O. The third-order valence-corrected chi connectivity index (χ3v) is 3.31. The Morgan fingerprint density at radius 1 is 1.41 bits per heavy atom. The first-order valence-electron chi connectivity index (χ1n) is 6.31. The number of nitrogens with two attached hydrogens (primary N) is 1. The predicted octanol–water partition coefficient (Wildman–Crippen LogP) is 2.18. The topological polar surface area (TPSA) is 49.5 Å². The van der Waals surface area contributed by atoms with Crippen molar-refractivity contribution < 1.29 is 5.11 Å². The molecule has 17 heavy (non-hydrogen) atoms. The van der Waals surface area contributed by atoms with Crippen LogP contribution in [0.1, 0.15) is 32.3 Å². The van der Waals surface area contributed by atoms with Gasteiger partial charge in [0.25, 0.3) is 0 Å². The largest absolute Gasteiger partial charge is 0.399 e. The number of nitrogen functional groups attached to an aromatic ring is 1. The number of aliphatic hydroxyl groups is 1. The van der Waals surface area contributed by atoms with Crippen molar-refractivity contribution >= 4 is 11.4 Å². The lowest BCUT2D eigenvalue weighted by Crippen LogP contribution is -2.34. The molecule has 3 heteroatoms. The fourth-order valence-electron chi connectivity index (χ4n) is 2.34. The van der Waals surface area contributed by atoms with E-state index in [2.05, 4.69) is 17.0 Å². The van der Waals surface area contributed by atoms with Crippen molar-refractivity contribution in [2.75, 3.05) is 23.7 Å². The van der Waals surface area contributed by atoms with Crippen molar-refractivity contribution in [3.05, 3.63) is 23.8 Å². The van der Waals surface area contributed by atoms with E-state index in [1.54, 1.807) is 0 Å². The Kier molecular flexibility index (Phi) is 3.29. The minimum absolute atomic E-state index is 0.592. The second-order valence-electron chi connectivity index (χ2n) is 5.54. The molecule has 3 nitrogen and oxygen atoms in total. The van der Waals surface area contributed by atoms with Crippen LogP contribution < -0.4 is 10.6 Å². The number of anilines is 2. The maximum atomic E-state index is 9.79. The Labute approximate surface area is 103 Å². The fourth-order valence-corrected chi connectivity index (χ4v) is 2.34. The van der Waals surface area contributed by atoms with Crippen molar-refractivity contribution in [3.63, 3.8) is 0 Å². The number of rotatable bonds is 3. The smallest absolute Gasteiger partial charge is 0.0608 e. The highest BCUT2D eigenvalue weighted by Gasteiger charge is 2.20. The van der Waals surface area contributed by atoms with Crippen molar-refractivity contribution in [2.45, 2.75) is 38.7 Å². The van der Waals surface area contributed by atoms with Crippen LogP contribution in [-0.2, 0) is 6.42 Å². The number of nitrogens with zero attached hydrogens (tertiary/aromatic N) is 1. The van der Waals surface area contributed by atoms with Gasteiger partial charge in [0.2, 0.25) is 0 Å². The molecular weight excluding hydrogens is 212 g/mol. The van der Waals surface area contributed by atoms with Gasteiger partial charge in [0, 0.05) is 24.5 Å². The van der Waals surface area contributed by atoms with Crippen LogP contribution in [0.4, 0.5) is 11.4 Å². The van der Waals surface area contributed by atoms with E-state index in [1.165, 1.54) is 17.7 Å². The van der Waals surface area contributed by atoms with Crippen LogP contribution in [0.15, 0.2) is 18.2 Å². The van der Waals surface area contributed by atoms with E-state index in [9.17, 15) is 5.11 Å². The van der Waals surface area contributed by atoms with Gasteiger partial charge < -0.3 is 15.7 Å². The molecule has 0 aliphatic carbocycles. The average molecular weight is 234 g/mol. The van der Waals surface area contributed by atoms with Gasteiger partial charge in [-0.05, 0) is 56.9 Å². The Hall–Kier alpha value is -1.22. The van der Waals surface area contributed by atoms with Crippen LogP contribution in [0, 0.1) is 0 Å². The van der Waals surface area contributed by atoms with Gasteiger partial charge in [0.15, 0.2) is 0 Å². The molecule has 0 bridgehead atoms. The first kappa shape index (κ1) is 12.2. The second kappa shape index (κ2) is 4.57. The molecule has 0 fully saturated rings. The zero-order valence-corrected chi connectivity index (χ0v) is 10.7. The summed E-state index contributed by atoms with van der Waals surface area (Å²) in [6.45, 7) is 5.70. The zero-order valence-electron chi connectivity index (χ0n) is 10.7. The van der Waals surface area contributed by atoms with Crippen LogP contribution in [0.3, 0.4) is 0 Å². The Morgan fingerprint density at radius 3 is 2.88 bits per heavy atom. The summed E-state index contributed by atoms with van der Waals surface area (Å²) >= 11 is 0. The third kappa shape index (κ3) is 3.13. The first-order valence-corrected chi connectivity index (χ1v) is 6.31. The van der Waals surface area contributed by atoms with Crippen molar-refractivity contribution in [2.24, 2.45) is 0 Å². The van der Waals surface area contributed by atoms with E-state index < -0.39 is 5.60 Å². The van der Waals surface area contributed by atoms with Gasteiger partial charge in [0.1, 0.15) is 0 Å². The molecule has 0 aromatic heterocycles. The Morgan fingerprint density at radius 2 is 2.18 bits per heavy atom. The van der Waals surface area contributed by atoms with Gasteiger partial charge in [-0.3, -0.25) is 0 Å². The summed E-state index contributed by atoms with van der Waals surface area (Å²) in [4.78, 5) is 2.36. The van der Waals surface area contributed by atoms with Gasteiger partial charge in [-0.25, -0.2) is 0 Å². The quantitative estimate of drug-likeness (QED) is 0.788. The molecule has 2 rings (SSSR count). The summed E-state index contributed by atoms with van der Waals surface area (Å²) < 4.78 is 0. The molecule has 0 amide bonds. The van der Waals surface area contributed by atoms with E-state index in [0.29, 0.717) is 0 Å². The molecule has 0 radical (unpaired) electrons. The van der Waals surface area contributed by atoms with Crippen LogP contribution in [0.25, 0.3) is 0 Å². The second-order valence-corrected chi connectivity index (χ2v) is 5.54. The molecule has 1 heterocycles. The number of aryl methyl sites for hydroxylation is 1. The summed E-state index contributed by atoms with van der Waals surface area (Å²) in [6.07, 6.45) is 3.07. The van der Waals surface area contributed by atoms with Gasteiger partial charge in [-0.15, -0.1) is 0 Å². The third-order valence-electron chi connectivity index (χ3n) is 3.31. The van der Waals surface area contributed by atoms with Crippen LogP contribution in [-0.4, -0.2) is 23.8 Å². The minimum atomic E-state index is -0.592. The molecule has 0 spiro atoms. The van der Waals surface area contributed by atoms with Gasteiger partial charge >= 0.3 is 0 Å². The summed E-state index contributed by atoms with van der Waals surface area (Å²) in [5.41, 5.74) is 8.69. The molecule has 1 aliphatic rings. The SMILES string of the molecule is CC(C)(O)CCN1CCCc2cc(N)ccc21. The highest BCUT2D eigenvalue weighted by molar-refractivity contribution is 5.61. The first-order chi connectivity index (χ1) is 7.96. The average Bonchev–Trinajstić information content (AvgIpc) is 2.24. The van der Waals surface area contributed by atoms with E-state index >= 15 is 0 Å². The number of fused-ring (bicyclic) bond motifs is 1. The van der Waals surface area contributed by atoms with E-state index in [-0.39, 0.29) is 0 Å². The normalized spacial score (nSPS) is 15.8. The zero-order chi connectivity index (χ0) is 12.5. The van der Waals surface area contributed by atoms with Gasteiger partial charge in [-0.1, -0.05) is 0 Å². The molecule has 1 aromatic carbocycles. The number of hydrogen-bond acceptors (Lipinski definition) is 3. The van der Waals surface area contributed by atoms with Crippen LogP contribution in [0.2, 0.25) is 0 Å². The van der Waals surface area contributed by atoms with Gasteiger partial charge in [0.05, 0.1) is 5.60 Å². The summed E-state index contributed by atoms with van der Waals surface area (Å²) in [5.74, 6) is 0. The van der Waals surface area contributed by atoms with E-state index in [4.69, 9.17) is 5.73 Å². The fraction of sp³-hybridized carbons (Fsp3) is 0.571. The molecule has 3 N–H and O–H groups in total. The van der Waals surface area contributed by atoms with Crippen molar-refractivity contribution in [1.29, 1.82) is 0 Å². The maximum Gasteiger partial charge on any atom is 0.0608 e. The summed E-state index contributed by atoms with van der Waals surface area (Å²) in [5, 5.41) is 9.79. The molecule has 1 aromatic rings. The molecule has 0 atom stereocenters. The monoisotopic (exact) mass is 234 g/mol. The lowest BCUT2D eigenvalue weighted by molar-refractivity contribution is 0.0730. The number of hydrogen-bond donors (Lipinski definition) is 2. The van der Waals surface area contributed by atoms with Crippen molar-refractivity contribution in [3.8, 4) is 0 Å². The lowest BCUT2D eigenvalue weighted by atomic mass is 9.99. The summed E-state index contributed by atoms with van der Waals surface area (Å²) in [7, 11) is 0. The molecule has 0 saturated heterocycles. The molecule has 94 valence electrons. The van der Waals surface area contributed by atoms with E-state index in [1.807, 2.05) is 19.9 Å². The summed E-state index contributed by atoms with van der Waals surface area (Å²) in [6, 6.07) is 6.14. The molecule has 0 unspecified atom stereocenters. The highest BCUT2D eigenvalue weighted by atomic mass is 16.3. The van der Waals surface area contributed by atoms with Crippen LogP contribution >= 0.6 is 0 Å².